The van der Waals surface area contributed by atoms with Gasteiger partial charge in [-0.05, 0) is 41.8 Å². The molecule has 38 heavy (non-hydrogen) atoms. The number of carbonyl (C=O) groups is 1. The number of benzene rings is 2. The Balaban J connectivity index is 1.41. The van der Waals surface area contributed by atoms with Crippen LogP contribution in [0.4, 0.5) is 16.3 Å². The van der Waals surface area contributed by atoms with E-state index in [1.54, 1.807) is 10.7 Å². The van der Waals surface area contributed by atoms with Crippen molar-refractivity contribution in [2.45, 2.75) is 32.8 Å². The average Bonchev–Trinajstić information content (AvgIpc) is 3.38. The Morgan fingerprint density at radius 1 is 1.00 bits per heavy atom. The molecule has 198 valence electrons. The van der Waals surface area contributed by atoms with Gasteiger partial charge in [-0.1, -0.05) is 56.7 Å². The van der Waals surface area contributed by atoms with Gasteiger partial charge < -0.3 is 26.0 Å². The molecule has 1 aliphatic heterocycles. The van der Waals surface area contributed by atoms with Gasteiger partial charge in [-0.3, -0.25) is 0 Å². The molecule has 1 atom stereocenters. The average molecular weight is 514 g/mol. The SMILES string of the molecule is CCCC(OC(N)=O)c1ccc(-c2cnc3c(-c4cccc(N5CCN(CC)CC5)c4)cnn3c2N)cc1. The number of amides is 1. The van der Waals surface area contributed by atoms with E-state index in [-0.39, 0.29) is 6.10 Å². The second kappa shape index (κ2) is 11.1. The molecule has 9 nitrogen and oxygen atoms in total. The van der Waals surface area contributed by atoms with Gasteiger partial charge in [0.2, 0.25) is 0 Å². The molecule has 0 saturated carbocycles. The molecule has 0 spiro atoms. The highest BCUT2D eigenvalue weighted by molar-refractivity contribution is 5.83. The Morgan fingerprint density at radius 2 is 1.76 bits per heavy atom. The van der Waals surface area contributed by atoms with E-state index < -0.39 is 6.09 Å². The van der Waals surface area contributed by atoms with Gasteiger partial charge in [-0.2, -0.15) is 9.61 Å². The number of piperazine rings is 1. The highest BCUT2D eigenvalue weighted by atomic mass is 16.6. The van der Waals surface area contributed by atoms with Crippen LogP contribution in [0.2, 0.25) is 0 Å². The lowest BCUT2D eigenvalue weighted by Crippen LogP contribution is -2.46. The smallest absolute Gasteiger partial charge is 0.405 e. The molecule has 4 aromatic rings. The zero-order valence-electron chi connectivity index (χ0n) is 22.0. The first-order valence-electron chi connectivity index (χ1n) is 13.2. The van der Waals surface area contributed by atoms with E-state index in [1.165, 1.54) is 5.69 Å². The number of rotatable bonds is 8. The molecule has 0 radical (unpaired) electrons. The molecule has 9 heteroatoms. The van der Waals surface area contributed by atoms with Gasteiger partial charge in [-0.25, -0.2) is 9.78 Å². The number of nitrogen functional groups attached to an aromatic ring is 1. The molecule has 3 heterocycles. The van der Waals surface area contributed by atoms with Crippen molar-refractivity contribution in [3.63, 3.8) is 0 Å². The van der Waals surface area contributed by atoms with Crippen LogP contribution in [0.25, 0.3) is 27.9 Å². The quantitative estimate of drug-likeness (QED) is 0.350. The first-order chi connectivity index (χ1) is 18.5. The second-order valence-electron chi connectivity index (χ2n) is 9.66. The zero-order chi connectivity index (χ0) is 26.6. The predicted molar refractivity (Wildman–Crippen MR) is 151 cm³/mol. The van der Waals surface area contributed by atoms with Crippen LogP contribution < -0.4 is 16.4 Å². The summed E-state index contributed by atoms with van der Waals surface area (Å²) in [4.78, 5) is 21.0. The molecule has 1 unspecified atom stereocenters. The van der Waals surface area contributed by atoms with Crippen LogP contribution in [0, 0.1) is 0 Å². The third-order valence-electron chi connectivity index (χ3n) is 7.31. The number of anilines is 2. The van der Waals surface area contributed by atoms with Crippen molar-refractivity contribution in [1.82, 2.24) is 19.5 Å². The highest BCUT2D eigenvalue weighted by Gasteiger charge is 2.19. The third-order valence-corrected chi connectivity index (χ3v) is 7.31. The van der Waals surface area contributed by atoms with E-state index in [4.69, 9.17) is 21.2 Å². The monoisotopic (exact) mass is 513 g/mol. The summed E-state index contributed by atoms with van der Waals surface area (Å²) in [5, 5.41) is 4.58. The first kappa shape index (κ1) is 25.5. The summed E-state index contributed by atoms with van der Waals surface area (Å²) in [5.41, 5.74) is 18.4. The fraction of sp³-hybridized carbons (Fsp3) is 0.345. The topological polar surface area (TPSA) is 115 Å². The fourth-order valence-corrected chi connectivity index (χ4v) is 5.14. The summed E-state index contributed by atoms with van der Waals surface area (Å²) in [6, 6.07) is 16.3. The van der Waals surface area contributed by atoms with Gasteiger partial charge in [0.25, 0.3) is 0 Å². The van der Waals surface area contributed by atoms with E-state index in [1.807, 2.05) is 37.4 Å². The molecular formula is C29H35N7O2. The molecule has 2 aromatic carbocycles. The van der Waals surface area contributed by atoms with Crippen molar-refractivity contribution in [2.75, 3.05) is 43.4 Å². The van der Waals surface area contributed by atoms with Crippen LogP contribution in [-0.2, 0) is 4.74 Å². The van der Waals surface area contributed by atoms with Gasteiger partial charge in [0.15, 0.2) is 5.65 Å². The zero-order valence-corrected chi connectivity index (χ0v) is 22.0. The highest BCUT2D eigenvalue weighted by Crippen LogP contribution is 2.33. The number of fused-ring (bicyclic) bond motifs is 1. The summed E-state index contributed by atoms with van der Waals surface area (Å²) in [7, 11) is 0. The van der Waals surface area contributed by atoms with Crippen molar-refractivity contribution in [2.24, 2.45) is 5.73 Å². The number of carbonyl (C=O) groups excluding carboxylic acids is 1. The number of nitrogens with two attached hydrogens (primary N) is 2. The summed E-state index contributed by atoms with van der Waals surface area (Å²) < 4.78 is 6.98. The van der Waals surface area contributed by atoms with E-state index in [0.29, 0.717) is 17.9 Å². The molecule has 2 aromatic heterocycles. The largest absolute Gasteiger partial charge is 0.442 e. The van der Waals surface area contributed by atoms with Crippen LogP contribution in [0.1, 0.15) is 38.4 Å². The Kier molecular flexibility index (Phi) is 7.46. The van der Waals surface area contributed by atoms with Crippen LogP contribution in [0.3, 0.4) is 0 Å². The van der Waals surface area contributed by atoms with E-state index in [2.05, 4.69) is 46.1 Å². The Labute approximate surface area is 223 Å². The molecule has 4 N–H and O–H groups in total. The lowest BCUT2D eigenvalue weighted by molar-refractivity contribution is 0.101. The number of hydrogen-bond acceptors (Lipinski definition) is 7. The molecule has 0 bridgehead atoms. The maximum Gasteiger partial charge on any atom is 0.405 e. The van der Waals surface area contributed by atoms with Crippen molar-refractivity contribution in [1.29, 1.82) is 0 Å². The van der Waals surface area contributed by atoms with Crippen LogP contribution in [0.5, 0.6) is 0 Å². The lowest BCUT2D eigenvalue weighted by Gasteiger charge is -2.35. The number of aromatic nitrogens is 3. The van der Waals surface area contributed by atoms with Crippen molar-refractivity contribution >= 4 is 23.2 Å². The lowest BCUT2D eigenvalue weighted by atomic mass is 10.0. The number of nitrogens with zero attached hydrogens (tertiary/aromatic N) is 5. The summed E-state index contributed by atoms with van der Waals surface area (Å²) >= 11 is 0. The molecule has 1 aliphatic rings. The standard InChI is InChI=1S/C29H35N7O2/c1-3-6-26(38-29(31)37)21-11-9-20(10-12-21)24-18-32-28-25(19-33-36(28)27(24)30)22-7-5-8-23(17-22)35-15-13-34(4-2)14-16-35/h5,7-12,17-19,26H,3-4,6,13-16,30H2,1-2H3,(H2,31,37). The van der Waals surface area contributed by atoms with Crippen molar-refractivity contribution in [3.05, 3.63) is 66.5 Å². The van der Waals surface area contributed by atoms with Crippen molar-refractivity contribution < 1.29 is 9.53 Å². The summed E-state index contributed by atoms with van der Waals surface area (Å²) in [6.45, 7) is 9.55. The summed E-state index contributed by atoms with van der Waals surface area (Å²) in [5.74, 6) is 0.513. The van der Waals surface area contributed by atoms with E-state index in [9.17, 15) is 4.79 Å². The summed E-state index contributed by atoms with van der Waals surface area (Å²) in [6.07, 6.45) is 4.05. The third kappa shape index (κ3) is 5.15. The number of ether oxygens (including phenoxy) is 1. The van der Waals surface area contributed by atoms with Crippen LogP contribution >= 0.6 is 0 Å². The molecule has 5 rings (SSSR count). The van der Waals surface area contributed by atoms with Crippen LogP contribution in [-0.4, -0.2) is 58.3 Å². The molecule has 1 amide bonds. The maximum absolute atomic E-state index is 11.3. The minimum Gasteiger partial charge on any atom is -0.442 e. The Bertz CT molecular complexity index is 1410. The predicted octanol–water partition coefficient (Wildman–Crippen LogP) is 4.72. The normalized spacial score (nSPS) is 15.1. The van der Waals surface area contributed by atoms with Gasteiger partial charge in [0.1, 0.15) is 11.9 Å². The molecule has 1 saturated heterocycles. The number of hydrogen-bond donors (Lipinski definition) is 2. The minimum atomic E-state index is -0.773. The molecular weight excluding hydrogens is 478 g/mol. The van der Waals surface area contributed by atoms with Gasteiger partial charge in [0, 0.05) is 49.2 Å². The minimum absolute atomic E-state index is 0.371. The second-order valence-corrected chi connectivity index (χ2v) is 9.66. The first-order valence-corrected chi connectivity index (χ1v) is 13.2. The van der Waals surface area contributed by atoms with Gasteiger partial charge in [0.05, 0.1) is 6.20 Å². The number of likely N-dealkylation sites (N-methyl/N-ethyl adjacent to an activating group) is 1. The van der Waals surface area contributed by atoms with Gasteiger partial charge >= 0.3 is 6.09 Å². The van der Waals surface area contributed by atoms with E-state index >= 15 is 0 Å². The molecule has 0 aliphatic carbocycles. The van der Waals surface area contributed by atoms with E-state index in [0.717, 1.165) is 67.0 Å². The number of primary amides is 1. The van der Waals surface area contributed by atoms with Crippen LogP contribution in [0.15, 0.2) is 60.9 Å². The Hall–Kier alpha value is -4.11. The maximum atomic E-state index is 11.3. The van der Waals surface area contributed by atoms with Crippen molar-refractivity contribution in [3.8, 4) is 22.3 Å². The fourth-order valence-electron chi connectivity index (χ4n) is 5.14. The molecule has 1 fully saturated rings. The van der Waals surface area contributed by atoms with Gasteiger partial charge in [-0.15, -0.1) is 0 Å². The Morgan fingerprint density at radius 3 is 2.45 bits per heavy atom.